The smallest absolute Gasteiger partial charge is 0.335 e. The second-order valence-electron chi connectivity index (χ2n) is 5.83. The van der Waals surface area contributed by atoms with Crippen molar-refractivity contribution in [2.24, 2.45) is 23.1 Å². The third kappa shape index (κ3) is 1.87. The Morgan fingerprint density at radius 3 is 2.86 bits per heavy atom. The largest absolute Gasteiger partial charge is 0.493 e. The van der Waals surface area contributed by atoms with Crippen molar-refractivity contribution in [3.63, 3.8) is 0 Å². The molecule has 2 unspecified atom stereocenters. The number of nitrogens with two attached hydrogens (primary N) is 3. The first kappa shape index (κ1) is 14.1. The van der Waals surface area contributed by atoms with Gasteiger partial charge in [-0.15, -0.1) is 6.58 Å². The second kappa shape index (κ2) is 4.56. The first-order valence-electron chi connectivity index (χ1n) is 6.86. The zero-order valence-corrected chi connectivity index (χ0v) is 11.6. The summed E-state index contributed by atoms with van der Waals surface area (Å²) in [6, 6.07) is 2.45. The van der Waals surface area contributed by atoms with Crippen LogP contribution in [0.5, 0.6) is 5.75 Å². The molecule has 21 heavy (non-hydrogen) atoms. The van der Waals surface area contributed by atoms with Crippen molar-refractivity contribution in [2.45, 2.75) is 24.0 Å². The number of carboxylic acid groups (broad SMARTS) is 1. The number of aromatic carboxylic acids is 1. The fourth-order valence-corrected chi connectivity index (χ4v) is 3.55. The van der Waals surface area contributed by atoms with Crippen LogP contribution >= 0.6 is 0 Å². The monoisotopic (exact) mass is 289 g/mol. The normalized spacial score (nSPS) is 28.6. The number of rotatable bonds is 3. The number of benzene rings is 1. The first-order valence-corrected chi connectivity index (χ1v) is 6.86. The minimum absolute atomic E-state index is 0.0907. The van der Waals surface area contributed by atoms with Gasteiger partial charge in [0, 0.05) is 17.4 Å². The van der Waals surface area contributed by atoms with E-state index in [9.17, 15) is 9.90 Å². The summed E-state index contributed by atoms with van der Waals surface area (Å²) in [5.41, 5.74) is 19.3. The molecule has 3 atom stereocenters. The maximum Gasteiger partial charge on any atom is 0.335 e. The predicted octanol–water partition coefficient (Wildman–Crippen LogP) is 0.680. The van der Waals surface area contributed by atoms with Gasteiger partial charge in [-0.25, -0.2) is 4.79 Å². The molecule has 0 spiro atoms. The van der Waals surface area contributed by atoms with Crippen molar-refractivity contribution < 1.29 is 14.6 Å². The van der Waals surface area contributed by atoms with Crippen LogP contribution in [-0.2, 0) is 0 Å². The molecule has 6 nitrogen and oxygen atoms in total. The van der Waals surface area contributed by atoms with Gasteiger partial charge in [0.25, 0.3) is 0 Å². The lowest BCUT2D eigenvalue weighted by Gasteiger charge is -2.38. The van der Waals surface area contributed by atoms with E-state index in [-0.39, 0.29) is 17.4 Å². The van der Waals surface area contributed by atoms with Gasteiger partial charge in [0.1, 0.15) is 5.75 Å². The van der Waals surface area contributed by atoms with Gasteiger partial charge >= 0.3 is 5.97 Å². The van der Waals surface area contributed by atoms with E-state index in [0.717, 1.165) is 5.56 Å². The molecule has 0 saturated heterocycles. The molecule has 1 aliphatic heterocycles. The Hall–Kier alpha value is -1.89. The average molecular weight is 289 g/mol. The minimum Gasteiger partial charge on any atom is -0.493 e. The van der Waals surface area contributed by atoms with Crippen LogP contribution in [0.15, 0.2) is 24.8 Å². The molecule has 0 amide bonds. The minimum atomic E-state index is -1.12. The van der Waals surface area contributed by atoms with Crippen molar-refractivity contribution in [1.82, 2.24) is 0 Å². The Morgan fingerprint density at radius 2 is 2.24 bits per heavy atom. The highest BCUT2D eigenvalue weighted by molar-refractivity contribution is 5.89. The van der Waals surface area contributed by atoms with Crippen LogP contribution in [0.2, 0.25) is 0 Å². The molecule has 6 heteroatoms. The summed E-state index contributed by atoms with van der Waals surface area (Å²) in [6.07, 6.45) is 2.53. The molecule has 2 aliphatic rings. The van der Waals surface area contributed by atoms with E-state index in [0.29, 0.717) is 24.3 Å². The molecule has 112 valence electrons. The third-order valence-electron chi connectivity index (χ3n) is 4.54. The maximum absolute atomic E-state index is 11.2. The summed E-state index contributed by atoms with van der Waals surface area (Å²) >= 11 is 0. The summed E-state index contributed by atoms with van der Waals surface area (Å²) in [6.45, 7) is 4.18. The number of hydrogen-bond acceptors (Lipinski definition) is 5. The molecule has 1 heterocycles. The number of carbonyl (C=O) groups is 1. The highest BCUT2D eigenvalue weighted by Gasteiger charge is 2.53. The molecule has 3 rings (SSSR count). The summed E-state index contributed by atoms with van der Waals surface area (Å²) in [7, 11) is 0. The number of allylic oxidation sites excluding steroid dienone is 1. The van der Waals surface area contributed by atoms with Crippen LogP contribution in [0.1, 0.15) is 39.9 Å². The Balaban J connectivity index is 2.20. The zero-order chi connectivity index (χ0) is 15.4. The molecule has 1 aliphatic carbocycles. The summed E-state index contributed by atoms with van der Waals surface area (Å²) in [5, 5.41) is 9.20. The zero-order valence-electron chi connectivity index (χ0n) is 11.6. The number of ether oxygens (including phenoxy) is 1. The molecule has 0 bridgehead atoms. The Kier molecular flexibility index (Phi) is 3.05. The quantitative estimate of drug-likeness (QED) is 0.479. The molecule has 1 aromatic carbocycles. The fourth-order valence-electron chi connectivity index (χ4n) is 3.55. The van der Waals surface area contributed by atoms with E-state index in [1.165, 1.54) is 6.07 Å². The van der Waals surface area contributed by atoms with Crippen molar-refractivity contribution in [1.29, 1.82) is 0 Å². The molecule has 0 aromatic heterocycles. The molecule has 0 fully saturated rings. The third-order valence-corrected chi connectivity index (χ3v) is 4.54. The maximum atomic E-state index is 11.2. The van der Waals surface area contributed by atoms with E-state index >= 15 is 0 Å². The van der Waals surface area contributed by atoms with Gasteiger partial charge < -0.3 is 27.0 Å². The van der Waals surface area contributed by atoms with Crippen molar-refractivity contribution in [3.05, 3.63) is 41.5 Å². The van der Waals surface area contributed by atoms with Gasteiger partial charge in [-0.3, -0.25) is 0 Å². The molecule has 0 saturated carbocycles. The summed E-state index contributed by atoms with van der Waals surface area (Å²) in [5.74, 6) is -0.565. The molecule has 7 N–H and O–H groups in total. The number of carboxylic acids is 1. The lowest BCUT2D eigenvalue weighted by Crippen LogP contribution is -2.60. The van der Waals surface area contributed by atoms with Crippen LogP contribution in [0.25, 0.3) is 0 Å². The topological polar surface area (TPSA) is 125 Å². The summed E-state index contributed by atoms with van der Waals surface area (Å²) < 4.78 is 5.73. The van der Waals surface area contributed by atoms with Crippen LogP contribution in [0.4, 0.5) is 0 Å². The van der Waals surface area contributed by atoms with Crippen LogP contribution < -0.4 is 21.9 Å². The highest BCUT2D eigenvalue weighted by Crippen LogP contribution is 2.53. The Bertz CT molecular complexity index is 627. The molecular formula is C15H19N3O3. The average Bonchev–Trinajstić information content (AvgIpc) is 2.64. The summed E-state index contributed by atoms with van der Waals surface area (Å²) in [4.78, 5) is 11.2. The highest BCUT2D eigenvalue weighted by atomic mass is 16.5. The van der Waals surface area contributed by atoms with E-state index < -0.39 is 17.7 Å². The van der Waals surface area contributed by atoms with Gasteiger partial charge in [-0.05, 0) is 24.1 Å². The lowest BCUT2D eigenvalue weighted by atomic mass is 9.78. The molecular weight excluding hydrogens is 270 g/mol. The Morgan fingerprint density at radius 1 is 1.52 bits per heavy atom. The van der Waals surface area contributed by atoms with E-state index in [2.05, 4.69) is 6.58 Å². The first-order chi connectivity index (χ1) is 9.87. The van der Waals surface area contributed by atoms with Crippen molar-refractivity contribution in [3.8, 4) is 5.75 Å². The van der Waals surface area contributed by atoms with Gasteiger partial charge in [0.15, 0.2) is 0 Å². The predicted molar refractivity (Wildman–Crippen MR) is 78.0 cm³/mol. The van der Waals surface area contributed by atoms with Gasteiger partial charge in [-0.1, -0.05) is 6.08 Å². The van der Waals surface area contributed by atoms with Gasteiger partial charge in [0.05, 0.1) is 23.9 Å². The SMILES string of the molecule is C=CC[C@@H]1COc2cc(C(=O)O)cc3c2C1C(N)(N)C3N. The van der Waals surface area contributed by atoms with Crippen molar-refractivity contribution in [2.75, 3.05) is 6.61 Å². The van der Waals surface area contributed by atoms with Crippen LogP contribution in [0.3, 0.4) is 0 Å². The van der Waals surface area contributed by atoms with Crippen LogP contribution in [0, 0.1) is 5.92 Å². The number of hydrogen-bond donors (Lipinski definition) is 4. The van der Waals surface area contributed by atoms with Crippen LogP contribution in [-0.4, -0.2) is 23.3 Å². The molecule has 1 aromatic rings. The molecule has 0 radical (unpaired) electrons. The lowest BCUT2D eigenvalue weighted by molar-refractivity contribution is 0.0696. The van der Waals surface area contributed by atoms with Gasteiger partial charge in [-0.2, -0.15) is 0 Å². The van der Waals surface area contributed by atoms with E-state index in [1.807, 2.05) is 6.08 Å². The standard InChI is InChI=1S/C15H19N3O3/c1-2-3-7-6-21-10-5-8(14(19)20)4-9-11(10)12(7)15(17,18)13(9)16/h2,4-5,7,12-13H,1,3,6,16-18H2,(H,19,20)/t7-,12?,13?/m1/s1. The van der Waals surface area contributed by atoms with Gasteiger partial charge in [0.2, 0.25) is 0 Å². The van der Waals surface area contributed by atoms with E-state index in [1.54, 1.807) is 6.07 Å². The second-order valence-corrected chi connectivity index (χ2v) is 5.83. The van der Waals surface area contributed by atoms with Crippen molar-refractivity contribution >= 4 is 5.97 Å². The van der Waals surface area contributed by atoms with E-state index in [4.69, 9.17) is 21.9 Å². The Labute approximate surface area is 122 Å². The fraction of sp³-hybridized carbons (Fsp3) is 0.400.